The molecule has 0 saturated heterocycles. The summed E-state index contributed by atoms with van der Waals surface area (Å²) >= 11 is 0. The van der Waals surface area contributed by atoms with Crippen molar-refractivity contribution >= 4 is 0 Å². The smallest absolute Gasteiger partial charge is 0.121 e. The predicted molar refractivity (Wildman–Crippen MR) is 121 cm³/mol. The van der Waals surface area contributed by atoms with Crippen LogP contribution in [0.25, 0.3) is 0 Å². The number of unbranched alkanes of at least 4 members (excludes halogenated alkanes) is 3. The van der Waals surface area contributed by atoms with Crippen LogP contribution in [0.4, 0.5) is 0 Å². The van der Waals surface area contributed by atoms with Crippen molar-refractivity contribution in [1.82, 2.24) is 5.32 Å². The number of aromatic hydroxyl groups is 1. The molecule has 2 aromatic rings. The largest absolute Gasteiger partial charge is 0.508 e. The molecule has 1 unspecified atom stereocenters. The molecule has 0 aliphatic carbocycles. The van der Waals surface area contributed by atoms with Gasteiger partial charge in [-0.3, -0.25) is 0 Å². The molecule has 0 aromatic heterocycles. The van der Waals surface area contributed by atoms with E-state index in [2.05, 4.69) is 29.6 Å². The van der Waals surface area contributed by atoms with Crippen molar-refractivity contribution in [3.8, 4) is 5.75 Å². The molecule has 0 saturated carbocycles. The van der Waals surface area contributed by atoms with Gasteiger partial charge >= 0.3 is 0 Å². The van der Waals surface area contributed by atoms with Crippen LogP contribution >= 0.6 is 0 Å². The molecule has 2 rings (SSSR count). The van der Waals surface area contributed by atoms with Crippen LogP contribution in [0, 0.1) is 0 Å². The third kappa shape index (κ3) is 9.72. The van der Waals surface area contributed by atoms with Crippen molar-refractivity contribution in [3.05, 3.63) is 65.2 Å². The van der Waals surface area contributed by atoms with E-state index in [0.29, 0.717) is 13.0 Å². The fourth-order valence-corrected chi connectivity index (χ4v) is 3.10. The van der Waals surface area contributed by atoms with E-state index in [1.165, 1.54) is 23.8 Å². The van der Waals surface area contributed by atoms with Crippen molar-refractivity contribution in [2.45, 2.75) is 57.6 Å². The molecule has 5 nitrogen and oxygen atoms in total. The van der Waals surface area contributed by atoms with Crippen LogP contribution in [-0.2, 0) is 17.7 Å². The van der Waals surface area contributed by atoms with Crippen LogP contribution in [0.3, 0.4) is 0 Å². The zero-order chi connectivity index (χ0) is 25.0. The van der Waals surface area contributed by atoms with Crippen LogP contribution in [0.5, 0.6) is 5.75 Å². The molecule has 0 aliphatic rings. The molecule has 5 heteroatoms. The van der Waals surface area contributed by atoms with E-state index in [-0.39, 0.29) is 24.1 Å². The topological polar surface area (TPSA) is 82.0 Å². The Morgan fingerprint density at radius 2 is 1.67 bits per heavy atom. The molecule has 0 aliphatic heterocycles. The number of benzene rings is 2. The summed E-state index contributed by atoms with van der Waals surface area (Å²) in [4.78, 5) is 0. The molecule has 166 valence electrons. The molecule has 0 heterocycles. The summed E-state index contributed by atoms with van der Waals surface area (Å²) in [5.41, 5.74) is 1.28. The second-order valence-electron chi connectivity index (χ2n) is 7.33. The Kier molecular flexibility index (Phi) is 9.39. The predicted octanol–water partition coefficient (Wildman–Crippen LogP) is 4.11. The lowest BCUT2D eigenvalue weighted by Crippen LogP contribution is -2.22. The van der Waals surface area contributed by atoms with Gasteiger partial charge in [-0.2, -0.15) is 0 Å². The van der Waals surface area contributed by atoms with Crippen LogP contribution < -0.4 is 5.32 Å². The van der Waals surface area contributed by atoms with Gasteiger partial charge in [0.1, 0.15) is 5.75 Å². The molecule has 0 fully saturated rings. The van der Waals surface area contributed by atoms with Gasteiger partial charge in [0, 0.05) is 28.1 Å². The zero-order valence-electron chi connectivity index (χ0n) is 21.5. The van der Waals surface area contributed by atoms with Gasteiger partial charge in [0.05, 0.1) is 15.4 Å². The summed E-state index contributed by atoms with van der Waals surface area (Å²) in [6.45, 7) is -3.08. The summed E-state index contributed by atoms with van der Waals surface area (Å²) < 4.78 is 36.6. The monoisotopic (exact) mass is 419 g/mol. The van der Waals surface area contributed by atoms with E-state index in [1.54, 1.807) is 0 Å². The first-order valence-electron chi connectivity index (χ1n) is 12.7. The molecule has 4 N–H and O–H groups in total. The van der Waals surface area contributed by atoms with Gasteiger partial charge in [0.25, 0.3) is 0 Å². The quantitative estimate of drug-likeness (QED) is 0.308. The number of rotatable bonds is 16. The van der Waals surface area contributed by atoms with Crippen LogP contribution in [0.15, 0.2) is 48.5 Å². The average Bonchev–Trinajstić information content (AvgIpc) is 2.79. The highest BCUT2D eigenvalue weighted by Gasteiger charge is 2.09. The standard InChI is InChI=1S/C25H37NO4/c27-20-23-18-22(13-14-24(23)28)25(29)19-26-15-7-1-2-8-16-30-17-9-6-12-21-10-4-3-5-11-21/h3-5,10-11,13-14,18,25-29H,1-2,6-9,12,15-17,19-20H2/i15D2,20D2. The van der Waals surface area contributed by atoms with E-state index in [4.69, 9.17) is 10.2 Å². The van der Waals surface area contributed by atoms with Gasteiger partial charge in [-0.15, -0.1) is 0 Å². The van der Waals surface area contributed by atoms with E-state index < -0.39 is 24.9 Å². The van der Waals surface area contributed by atoms with Crippen molar-refractivity contribution in [1.29, 1.82) is 0 Å². The highest BCUT2D eigenvalue weighted by atomic mass is 16.5. The normalized spacial score (nSPS) is 15.1. The first kappa shape index (κ1) is 18.8. The highest BCUT2D eigenvalue weighted by Crippen LogP contribution is 2.22. The molecule has 0 amide bonds. The third-order valence-corrected chi connectivity index (χ3v) is 4.88. The molecule has 0 spiro atoms. The molecule has 30 heavy (non-hydrogen) atoms. The van der Waals surface area contributed by atoms with Crippen LogP contribution in [0.1, 0.15) is 66.8 Å². The fourth-order valence-electron chi connectivity index (χ4n) is 3.10. The van der Waals surface area contributed by atoms with E-state index in [1.807, 2.05) is 6.07 Å². The van der Waals surface area contributed by atoms with E-state index >= 15 is 0 Å². The molecule has 0 bridgehead atoms. The second-order valence-corrected chi connectivity index (χ2v) is 7.33. The first-order chi connectivity index (χ1) is 16.1. The Morgan fingerprint density at radius 3 is 2.43 bits per heavy atom. The molecule has 0 radical (unpaired) electrons. The summed E-state index contributed by atoms with van der Waals surface area (Å²) in [6, 6.07) is 14.2. The van der Waals surface area contributed by atoms with Crippen molar-refractivity contribution in [3.63, 3.8) is 0 Å². The zero-order valence-corrected chi connectivity index (χ0v) is 17.5. The number of hydrogen-bond acceptors (Lipinski definition) is 5. The molecule has 2 aromatic carbocycles. The Labute approximate surface area is 186 Å². The van der Waals surface area contributed by atoms with Gasteiger partial charge in [-0.05, 0) is 61.9 Å². The van der Waals surface area contributed by atoms with E-state index in [0.717, 1.165) is 38.7 Å². The lowest BCUT2D eigenvalue weighted by atomic mass is 10.1. The number of ether oxygens (including phenoxy) is 1. The van der Waals surface area contributed by atoms with Gasteiger partial charge in [-0.1, -0.05) is 49.2 Å². The van der Waals surface area contributed by atoms with Gasteiger partial charge < -0.3 is 25.4 Å². The fraction of sp³-hybridized carbons (Fsp3) is 0.520. The maximum atomic E-state index is 10.3. The van der Waals surface area contributed by atoms with Crippen molar-refractivity contribution in [2.24, 2.45) is 0 Å². The number of phenols is 1. The lowest BCUT2D eigenvalue weighted by Gasteiger charge is -2.14. The second kappa shape index (κ2) is 15.0. The van der Waals surface area contributed by atoms with Crippen LogP contribution in [-0.4, -0.2) is 41.6 Å². The summed E-state index contributed by atoms with van der Waals surface area (Å²) in [7, 11) is 0. The van der Waals surface area contributed by atoms with Gasteiger partial charge in [-0.25, -0.2) is 0 Å². The summed E-state index contributed by atoms with van der Waals surface area (Å²) in [6.07, 6.45) is 4.75. The average molecular weight is 420 g/mol. The van der Waals surface area contributed by atoms with Crippen LogP contribution in [0.2, 0.25) is 0 Å². The lowest BCUT2D eigenvalue weighted by molar-refractivity contribution is 0.126. The number of aryl methyl sites for hydroxylation is 1. The van der Waals surface area contributed by atoms with Crippen molar-refractivity contribution < 1.29 is 25.5 Å². The molecular formula is C25H37NO4. The number of aliphatic hydroxyl groups is 2. The van der Waals surface area contributed by atoms with Gasteiger partial charge in [0.2, 0.25) is 0 Å². The minimum atomic E-state index is -2.74. The Balaban J connectivity index is 1.56. The Morgan fingerprint density at radius 1 is 0.933 bits per heavy atom. The highest BCUT2D eigenvalue weighted by molar-refractivity contribution is 5.36. The Bertz CT molecular complexity index is 847. The summed E-state index contributed by atoms with van der Waals surface area (Å²) in [5, 5.41) is 32.2. The first-order valence-corrected chi connectivity index (χ1v) is 10.7. The minimum Gasteiger partial charge on any atom is -0.508 e. The maximum Gasteiger partial charge on any atom is 0.121 e. The molecule has 1 atom stereocenters. The van der Waals surface area contributed by atoms with Crippen molar-refractivity contribution in [2.75, 3.05) is 26.3 Å². The number of aliphatic hydroxyl groups excluding tert-OH is 1. The summed E-state index contributed by atoms with van der Waals surface area (Å²) in [5.74, 6) is -0.414. The third-order valence-electron chi connectivity index (χ3n) is 4.88. The molecular weight excluding hydrogens is 378 g/mol. The maximum absolute atomic E-state index is 10.3. The SMILES string of the molecule is [2H]C([2H])(CCCCCOCCCCc1ccccc1)NCC(O)c1ccc(O)c(C([2H])([2H])O)c1. The Hall–Kier alpha value is -1.92. The number of nitrogens with one attached hydrogen (secondary N) is 1. The van der Waals surface area contributed by atoms with Gasteiger partial charge in [0.15, 0.2) is 0 Å². The van der Waals surface area contributed by atoms with E-state index in [9.17, 15) is 15.3 Å². The minimum absolute atomic E-state index is 0.0856. The number of hydrogen-bond donors (Lipinski definition) is 4.